The Bertz CT molecular complexity index is 1310. The molecule has 1 aromatic heterocycles. The third-order valence-electron chi connectivity index (χ3n) is 6.53. The molecule has 0 spiro atoms. The number of carbonyl (C=O) groups excluding carboxylic acids is 1. The molecule has 1 aromatic carbocycles. The van der Waals surface area contributed by atoms with Crippen LogP contribution in [0, 0.1) is 11.8 Å². The number of benzene rings is 1. The maximum absolute atomic E-state index is 13.7. The predicted molar refractivity (Wildman–Crippen MR) is 142 cm³/mol. The van der Waals surface area contributed by atoms with Gasteiger partial charge in [0.05, 0.1) is 12.0 Å². The fraction of sp³-hybridized carbons (Fsp3) is 0.560. The summed E-state index contributed by atoms with van der Waals surface area (Å²) in [4.78, 5) is 42.7. The number of amides is 1. The summed E-state index contributed by atoms with van der Waals surface area (Å²) in [7, 11) is -2.21. The number of unbranched alkanes of at least 4 members (excludes halogenated alkanes) is 1. The fourth-order valence-electron chi connectivity index (χ4n) is 4.49. The van der Waals surface area contributed by atoms with Crippen molar-refractivity contribution in [1.82, 2.24) is 13.9 Å². The highest BCUT2D eigenvalue weighted by Gasteiger charge is 2.36. The van der Waals surface area contributed by atoms with Crippen molar-refractivity contribution < 1.29 is 17.9 Å². The molecular weight excluding hydrogens is 498 g/mol. The monoisotopic (exact) mass is 535 g/mol. The SMILES string of the molecule is CCCCn1c(N)c(N(CC(C)C)C(=O)C2CCN(S(=O)(=O)c3ccc(OC)cc3)CC2)c(=O)[nH]c1=O. The lowest BCUT2D eigenvalue weighted by atomic mass is 9.96. The molecule has 0 radical (unpaired) electrons. The summed E-state index contributed by atoms with van der Waals surface area (Å²) in [6.45, 7) is 6.72. The lowest BCUT2D eigenvalue weighted by Gasteiger charge is -2.34. The number of nitrogens with two attached hydrogens (primary N) is 1. The van der Waals surface area contributed by atoms with Crippen LogP contribution in [0.4, 0.5) is 11.5 Å². The molecule has 1 aliphatic heterocycles. The van der Waals surface area contributed by atoms with Gasteiger partial charge in [0.1, 0.15) is 11.6 Å². The normalized spacial score (nSPS) is 15.2. The second kappa shape index (κ2) is 12.0. The topological polar surface area (TPSA) is 148 Å². The molecule has 0 atom stereocenters. The van der Waals surface area contributed by atoms with Crippen LogP contribution in [-0.4, -0.2) is 54.9 Å². The number of aromatic amines is 1. The minimum Gasteiger partial charge on any atom is -0.497 e. The van der Waals surface area contributed by atoms with Gasteiger partial charge in [-0.15, -0.1) is 0 Å². The van der Waals surface area contributed by atoms with Crippen LogP contribution >= 0.6 is 0 Å². The zero-order valence-electron chi connectivity index (χ0n) is 21.9. The Morgan fingerprint density at radius 1 is 1.19 bits per heavy atom. The Balaban J connectivity index is 1.84. The predicted octanol–water partition coefficient (Wildman–Crippen LogP) is 2.02. The van der Waals surface area contributed by atoms with Gasteiger partial charge in [0, 0.05) is 32.1 Å². The largest absolute Gasteiger partial charge is 0.497 e. The number of H-pyrrole nitrogens is 1. The number of rotatable bonds is 10. The first-order valence-electron chi connectivity index (χ1n) is 12.6. The van der Waals surface area contributed by atoms with Crippen LogP contribution in [0.2, 0.25) is 0 Å². The molecule has 0 bridgehead atoms. The van der Waals surface area contributed by atoms with E-state index >= 15 is 0 Å². The van der Waals surface area contributed by atoms with E-state index in [0.29, 0.717) is 31.6 Å². The minimum absolute atomic E-state index is 0.0225. The van der Waals surface area contributed by atoms with E-state index in [1.54, 1.807) is 12.1 Å². The standard InChI is InChI=1S/C25H37N5O6S/c1-5-6-13-29-22(26)21(23(31)27-25(29)33)30(16-17(2)3)24(32)18-11-14-28(15-12-18)37(34,35)20-9-7-19(36-4)8-10-20/h7-10,17-18H,5-6,11-16,26H2,1-4H3,(H,27,31,33). The lowest BCUT2D eigenvalue weighted by molar-refractivity contribution is -0.123. The molecule has 37 heavy (non-hydrogen) atoms. The molecule has 1 amide bonds. The average Bonchev–Trinajstić information content (AvgIpc) is 2.87. The summed E-state index contributed by atoms with van der Waals surface area (Å²) in [5.41, 5.74) is 4.95. The minimum atomic E-state index is -3.72. The van der Waals surface area contributed by atoms with Gasteiger partial charge in [-0.2, -0.15) is 4.31 Å². The van der Waals surface area contributed by atoms with Crippen LogP contribution in [0.3, 0.4) is 0 Å². The molecule has 2 aromatic rings. The number of hydrogen-bond acceptors (Lipinski definition) is 7. The Labute approximate surface area is 217 Å². The highest BCUT2D eigenvalue weighted by molar-refractivity contribution is 7.89. The molecule has 1 aliphatic rings. The molecule has 3 rings (SSSR count). The first-order valence-corrected chi connectivity index (χ1v) is 14.0. The van der Waals surface area contributed by atoms with Crippen molar-refractivity contribution in [2.24, 2.45) is 11.8 Å². The van der Waals surface area contributed by atoms with Crippen LogP contribution in [0.1, 0.15) is 46.5 Å². The first kappa shape index (κ1) is 28.5. The smallest absolute Gasteiger partial charge is 0.330 e. The summed E-state index contributed by atoms with van der Waals surface area (Å²) in [5, 5.41) is 0. The van der Waals surface area contributed by atoms with Crippen molar-refractivity contribution in [2.75, 3.05) is 37.4 Å². The number of nitrogen functional groups attached to an aromatic ring is 1. The van der Waals surface area contributed by atoms with Gasteiger partial charge in [0.25, 0.3) is 5.56 Å². The Kier molecular flexibility index (Phi) is 9.19. The molecule has 1 fully saturated rings. The van der Waals surface area contributed by atoms with Gasteiger partial charge in [0.15, 0.2) is 5.69 Å². The second-order valence-corrected chi connectivity index (χ2v) is 11.6. The van der Waals surface area contributed by atoms with Gasteiger partial charge in [-0.25, -0.2) is 13.2 Å². The van der Waals surface area contributed by atoms with E-state index in [9.17, 15) is 22.8 Å². The number of nitrogens with zero attached hydrogens (tertiary/aromatic N) is 3. The number of aromatic nitrogens is 2. The molecule has 0 saturated carbocycles. The lowest BCUT2D eigenvalue weighted by Crippen LogP contribution is -2.48. The van der Waals surface area contributed by atoms with Crippen molar-refractivity contribution in [3.8, 4) is 5.75 Å². The van der Waals surface area contributed by atoms with Crippen molar-refractivity contribution in [1.29, 1.82) is 0 Å². The van der Waals surface area contributed by atoms with Crippen LogP contribution in [0.25, 0.3) is 0 Å². The van der Waals surface area contributed by atoms with Crippen LogP contribution in [0.15, 0.2) is 38.8 Å². The second-order valence-electron chi connectivity index (χ2n) is 9.69. The van der Waals surface area contributed by atoms with Gasteiger partial charge in [-0.1, -0.05) is 27.2 Å². The number of nitrogens with one attached hydrogen (secondary N) is 1. The molecule has 0 unspecified atom stereocenters. The van der Waals surface area contributed by atoms with Gasteiger partial charge in [0.2, 0.25) is 15.9 Å². The summed E-state index contributed by atoms with van der Waals surface area (Å²) < 4.78 is 34.0. The van der Waals surface area contributed by atoms with E-state index in [1.165, 1.54) is 33.0 Å². The molecule has 3 N–H and O–H groups in total. The summed E-state index contributed by atoms with van der Waals surface area (Å²) in [6, 6.07) is 6.18. The van der Waals surface area contributed by atoms with Crippen molar-refractivity contribution in [2.45, 2.75) is 57.9 Å². The van der Waals surface area contributed by atoms with E-state index in [2.05, 4.69) is 4.98 Å². The zero-order chi connectivity index (χ0) is 27.3. The maximum atomic E-state index is 13.7. The average molecular weight is 536 g/mol. The number of methoxy groups -OCH3 is 1. The van der Waals surface area contributed by atoms with Crippen LogP contribution in [0.5, 0.6) is 5.75 Å². The third-order valence-corrected chi connectivity index (χ3v) is 8.45. The van der Waals surface area contributed by atoms with E-state index < -0.39 is 27.2 Å². The fourth-order valence-corrected chi connectivity index (χ4v) is 5.96. The first-order chi connectivity index (χ1) is 17.5. The maximum Gasteiger partial charge on any atom is 0.330 e. The molecule has 11 nitrogen and oxygen atoms in total. The number of anilines is 2. The van der Waals surface area contributed by atoms with Gasteiger partial charge in [-0.05, 0) is 49.4 Å². The van der Waals surface area contributed by atoms with E-state index in [4.69, 9.17) is 10.5 Å². The number of carbonyl (C=O) groups is 1. The van der Waals surface area contributed by atoms with Crippen LogP contribution < -0.4 is 26.6 Å². The van der Waals surface area contributed by atoms with E-state index in [1.807, 2.05) is 20.8 Å². The molecule has 2 heterocycles. The molecular formula is C25H37N5O6S. The van der Waals surface area contributed by atoms with Gasteiger partial charge >= 0.3 is 5.69 Å². The summed E-state index contributed by atoms with van der Waals surface area (Å²) in [5.74, 6) is -0.238. The van der Waals surface area contributed by atoms with Gasteiger partial charge in [-0.3, -0.25) is 19.1 Å². The van der Waals surface area contributed by atoms with Gasteiger partial charge < -0.3 is 15.4 Å². The Hall–Kier alpha value is -3.12. The molecule has 12 heteroatoms. The summed E-state index contributed by atoms with van der Waals surface area (Å²) in [6.07, 6.45) is 2.12. The molecule has 1 saturated heterocycles. The van der Waals surface area contributed by atoms with Crippen LogP contribution in [-0.2, 0) is 21.4 Å². The summed E-state index contributed by atoms with van der Waals surface area (Å²) >= 11 is 0. The molecule has 204 valence electrons. The van der Waals surface area contributed by atoms with E-state index in [0.717, 1.165) is 6.42 Å². The Morgan fingerprint density at radius 2 is 1.81 bits per heavy atom. The zero-order valence-corrected chi connectivity index (χ0v) is 22.7. The molecule has 0 aliphatic carbocycles. The number of piperidine rings is 1. The Morgan fingerprint density at radius 3 is 2.35 bits per heavy atom. The highest BCUT2D eigenvalue weighted by Crippen LogP contribution is 2.28. The number of sulfonamides is 1. The quantitative estimate of drug-likeness (QED) is 0.473. The van der Waals surface area contributed by atoms with Crippen molar-refractivity contribution >= 4 is 27.4 Å². The third kappa shape index (κ3) is 6.24. The van der Waals surface area contributed by atoms with Crippen molar-refractivity contribution in [3.63, 3.8) is 0 Å². The van der Waals surface area contributed by atoms with E-state index in [-0.39, 0.29) is 47.9 Å². The number of hydrogen-bond donors (Lipinski definition) is 2. The van der Waals surface area contributed by atoms with Crippen molar-refractivity contribution in [3.05, 3.63) is 45.1 Å². The number of ether oxygens (including phenoxy) is 1. The highest BCUT2D eigenvalue weighted by atomic mass is 32.2.